The van der Waals surface area contributed by atoms with E-state index in [1.165, 1.54) is 24.3 Å². The van der Waals surface area contributed by atoms with Gasteiger partial charge in [0.1, 0.15) is 0 Å². The molecule has 114 valence electrons. The van der Waals surface area contributed by atoms with Crippen molar-refractivity contribution in [1.29, 1.82) is 5.26 Å². The Hall–Kier alpha value is -2.49. The Morgan fingerprint density at radius 1 is 0.727 bits per heavy atom. The van der Waals surface area contributed by atoms with Crippen molar-refractivity contribution in [3.8, 4) is 17.2 Å². The van der Waals surface area contributed by atoms with Gasteiger partial charge in [0.25, 0.3) is 0 Å². The first-order chi connectivity index (χ1) is 10.1. The van der Waals surface area contributed by atoms with Crippen LogP contribution in [0.5, 0.6) is 0 Å². The van der Waals surface area contributed by atoms with Gasteiger partial charge in [-0.3, -0.25) is 0 Å². The van der Waals surface area contributed by atoms with Crippen LogP contribution in [0.3, 0.4) is 0 Å². The molecule has 0 amide bonds. The van der Waals surface area contributed by atoms with E-state index in [2.05, 4.69) is 0 Å². The van der Waals surface area contributed by atoms with Crippen LogP contribution in [-0.2, 0) is 12.4 Å². The van der Waals surface area contributed by atoms with Crippen LogP contribution in [0.1, 0.15) is 16.7 Å². The lowest BCUT2D eigenvalue weighted by atomic mass is 9.98. The second kappa shape index (κ2) is 5.37. The molecule has 0 heterocycles. The molecule has 0 aromatic heterocycles. The average Bonchev–Trinajstić information content (AvgIpc) is 2.45. The molecule has 7 heteroatoms. The number of rotatable bonds is 1. The van der Waals surface area contributed by atoms with Crippen molar-refractivity contribution in [1.82, 2.24) is 0 Å². The highest BCUT2D eigenvalue weighted by atomic mass is 19.4. The van der Waals surface area contributed by atoms with Gasteiger partial charge < -0.3 is 0 Å². The fourth-order valence-corrected chi connectivity index (χ4v) is 1.89. The number of alkyl halides is 6. The molecule has 2 aromatic rings. The number of halogens is 6. The maximum atomic E-state index is 12.8. The van der Waals surface area contributed by atoms with Gasteiger partial charge in [-0.2, -0.15) is 31.6 Å². The van der Waals surface area contributed by atoms with Gasteiger partial charge in [0.05, 0.1) is 22.8 Å². The zero-order valence-corrected chi connectivity index (χ0v) is 10.8. The topological polar surface area (TPSA) is 23.8 Å². The number of hydrogen-bond acceptors (Lipinski definition) is 1. The van der Waals surface area contributed by atoms with E-state index in [0.717, 1.165) is 0 Å². The summed E-state index contributed by atoms with van der Waals surface area (Å²) >= 11 is 0. The molecule has 0 radical (unpaired) electrons. The van der Waals surface area contributed by atoms with Crippen LogP contribution < -0.4 is 0 Å². The van der Waals surface area contributed by atoms with E-state index in [9.17, 15) is 26.3 Å². The van der Waals surface area contributed by atoms with Crippen molar-refractivity contribution < 1.29 is 26.3 Å². The van der Waals surface area contributed by atoms with E-state index in [-0.39, 0.29) is 22.8 Å². The van der Waals surface area contributed by atoms with Crippen LogP contribution in [0.25, 0.3) is 11.1 Å². The molecule has 0 saturated heterocycles. The largest absolute Gasteiger partial charge is 0.416 e. The van der Waals surface area contributed by atoms with E-state index in [1.807, 2.05) is 0 Å². The molecule has 0 fully saturated rings. The van der Waals surface area contributed by atoms with Crippen molar-refractivity contribution in [2.45, 2.75) is 12.4 Å². The van der Waals surface area contributed by atoms with Crippen molar-refractivity contribution in [2.24, 2.45) is 0 Å². The summed E-state index contributed by atoms with van der Waals surface area (Å²) in [7, 11) is 0. The summed E-state index contributed by atoms with van der Waals surface area (Å²) in [5.41, 5.74) is -2.78. The molecule has 0 aliphatic carbocycles. The molecular weight excluding hydrogens is 308 g/mol. The fourth-order valence-electron chi connectivity index (χ4n) is 1.89. The summed E-state index contributed by atoms with van der Waals surface area (Å²) in [5, 5.41) is 8.77. The summed E-state index contributed by atoms with van der Waals surface area (Å²) in [6.45, 7) is 0. The van der Waals surface area contributed by atoms with E-state index >= 15 is 0 Å². The first-order valence-corrected chi connectivity index (χ1v) is 5.91. The number of nitriles is 1. The number of hydrogen-bond donors (Lipinski definition) is 0. The fraction of sp³-hybridized carbons (Fsp3) is 0.133. The minimum atomic E-state index is -4.90. The smallest absolute Gasteiger partial charge is 0.192 e. The zero-order valence-electron chi connectivity index (χ0n) is 10.8. The average molecular weight is 315 g/mol. The van der Waals surface area contributed by atoms with Crippen LogP contribution in [0, 0.1) is 11.3 Å². The second-order valence-electron chi connectivity index (χ2n) is 4.49. The molecule has 0 saturated carbocycles. The zero-order chi connectivity index (χ0) is 16.5. The number of benzene rings is 2. The molecule has 0 atom stereocenters. The Morgan fingerprint density at radius 2 is 1.27 bits per heavy atom. The highest BCUT2D eigenvalue weighted by Crippen LogP contribution is 2.38. The highest BCUT2D eigenvalue weighted by molar-refractivity contribution is 5.67. The molecule has 2 aromatic carbocycles. The van der Waals surface area contributed by atoms with Gasteiger partial charge in [-0.1, -0.05) is 12.1 Å². The Morgan fingerprint density at radius 3 is 1.73 bits per heavy atom. The van der Waals surface area contributed by atoms with Gasteiger partial charge in [0, 0.05) is 0 Å². The van der Waals surface area contributed by atoms with Gasteiger partial charge >= 0.3 is 12.4 Å². The Bertz CT molecular complexity index is 705. The summed E-state index contributed by atoms with van der Waals surface area (Å²) in [6, 6.07) is 8.48. The minimum Gasteiger partial charge on any atom is -0.192 e. The number of nitrogens with zero attached hydrogens (tertiary/aromatic N) is 1. The van der Waals surface area contributed by atoms with Crippen molar-refractivity contribution in [2.75, 3.05) is 0 Å². The lowest BCUT2D eigenvalue weighted by molar-refractivity contribution is -0.143. The molecule has 2 rings (SSSR count). The molecule has 0 bridgehead atoms. The molecule has 0 aliphatic rings. The van der Waals surface area contributed by atoms with E-state index in [4.69, 9.17) is 5.26 Å². The van der Waals surface area contributed by atoms with Crippen LogP contribution in [-0.4, -0.2) is 0 Å². The third-order valence-electron chi connectivity index (χ3n) is 2.91. The van der Waals surface area contributed by atoms with Crippen LogP contribution in [0.15, 0.2) is 42.5 Å². The molecular formula is C15H7F6N. The summed E-state index contributed by atoms with van der Waals surface area (Å²) in [4.78, 5) is 0. The van der Waals surface area contributed by atoms with E-state index < -0.39 is 23.5 Å². The van der Waals surface area contributed by atoms with Gasteiger partial charge in [0.15, 0.2) is 0 Å². The van der Waals surface area contributed by atoms with Crippen LogP contribution in [0.2, 0.25) is 0 Å². The maximum absolute atomic E-state index is 12.8. The summed E-state index contributed by atoms with van der Waals surface area (Å²) in [5.74, 6) is 0. The van der Waals surface area contributed by atoms with Crippen molar-refractivity contribution in [3.05, 3.63) is 59.2 Å². The van der Waals surface area contributed by atoms with Crippen molar-refractivity contribution in [3.63, 3.8) is 0 Å². The van der Waals surface area contributed by atoms with E-state index in [0.29, 0.717) is 12.1 Å². The molecule has 0 spiro atoms. The third-order valence-corrected chi connectivity index (χ3v) is 2.91. The Kier molecular flexibility index (Phi) is 3.88. The Balaban J connectivity index is 2.67. The Labute approximate surface area is 121 Å². The molecule has 22 heavy (non-hydrogen) atoms. The lowest BCUT2D eigenvalue weighted by Crippen LogP contribution is -2.11. The predicted molar refractivity (Wildman–Crippen MR) is 66.6 cm³/mol. The monoisotopic (exact) mass is 315 g/mol. The molecule has 0 unspecified atom stereocenters. The van der Waals surface area contributed by atoms with Crippen LogP contribution in [0.4, 0.5) is 26.3 Å². The van der Waals surface area contributed by atoms with Crippen molar-refractivity contribution >= 4 is 0 Å². The van der Waals surface area contributed by atoms with Gasteiger partial charge in [-0.25, -0.2) is 0 Å². The summed E-state index contributed by atoms with van der Waals surface area (Å²) in [6.07, 6.45) is -9.80. The SMILES string of the molecule is N#Cc1cccc(-c2cc(C(F)(F)F)cc(C(F)(F)F)c2)c1. The molecule has 0 N–H and O–H groups in total. The molecule has 0 aliphatic heterocycles. The summed E-state index contributed by atoms with van der Waals surface area (Å²) < 4.78 is 76.7. The highest BCUT2D eigenvalue weighted by Gasteiger charge is 2.36. The van der Waals surface area contributed by atoms with Crippen LogP contribution >= 0.6 is 0 Å². The standard InChI is InChI=1S/C15H7F6N/c16-14(17,18)12-5-11(6-13(7-12)15(19,20)21)10-3-1-2-9(4-10)8-22/h1-7H. The predicted octanol–water partition coefficient (Wildman–Crippen LogP) is 5.26. The van der Waals surface area contributed by atoms with Gasteiger partial charge in [-0.15, -0.1) is 0 Å². The first-order valence-electron chi connectivity index (χ1n) is 5.91. The maximum Gasteiger partial charge on any atom is 0.416 e. The normalized spacial score (nSPS) is 12.0. The van der Waals surface area contributed by atoms with Gasteiger partial charge in [0.2, 0.25) is 0 Å². The van der Waals surface area contributed by atoms with Gasteiger partial charge in [-0.05, 0) is 41.5 Å². The quantitative estimate of drug-likeness (QED) is 0.658. The first kappa shape index (κ1) is 15.9. The third kappa shape index (κ3) is 3.39. The molecule has 1 nitrogen and oxygen atoms in total. The van der Waals surface area contributed by atoms with E-state index in [1.54, 1.807) is 6.07 Å². The lowest BCUT2D eigenvalue weighted by Gasteiger charge is -2.14. The second-order valence-corrected chi connectivity index (χ2v) is 4.49. The minimum absolute atomic E-state index is 0.0671.